The van der Waals surface area contributed by atoms with E-state index >= 15 is 0 Å². The highest BCUT2D eigenvalue weighted by atomic mass is 19.4. The number of fused-ring (bicyclic) bond motifs is 1. The maximum absolute atomic E-state index is 13.3. The minimum atomic E-state index is -4.70. The van der Waals surface area contributed by atoms with Crippen LogP contribution in [0.4, 0.5) is 27.8 Å². The van der Waals surface area contributed by atoms with Gasteiger partial charge in [-0.25, -0.2) is 13.8 Å². The van der Waals surface area contributed by atoms with E-state index in [1.54, 1.807) is 0 Å². The van der Waals surface area contributed by atoms with Crippen LogP contribution in [-0.4, -0.2) is 34.2 Å². The van der Waals surface area contributed by atoms with Crippen molar-refractivity contribution < 1.29 is 22.0 Å². The van der Waals surface area contributed by atoms with Crippen LogP contribution in [0, 0.1) is 0 Å². The average Bonchev–Trinajstić information content (AvgIpc) is 3.18. The fourth-order valence-corrected chi connectivity index (χ4v) is 3.89. The largest absolute Gasteiger partial charge is 0.435 e. The van der Waals surface area contributed by atoms with Gasteiger partial charge in [0.2, 0.25) is 0 Å². The lowest BCUT2D eigenvalue weighted by Gasteiger charge is -2.38. The molecule has 0 saturated carbocycles. The van der Waals surface area contributed by atoms with Gasteiger partial charge in [-0.1, -0.05) is 30.3 Å². The summed E-state index contributed by atoms with van der Waals surface area (Å²) in [5.74, 6) is 0.0552. The summed E-state index contributed by atoms with van der Waals surface area (Å²) < 4.78 is 66.8. The molecule has 160 valence electrons. The summed E-state index contributed by atoms with van der Waals surface area (Å²) in [6, 6.07) is 11.5. The molecule has 0 unspecified atom stereocenters. The Labute approximate surface area is 169 Å². The molecule has 0 aliphatic carbocycles. The number of benzene rings is 1. The van der Waals surface area contributed by atoms with Crippen LogP contribution in [0.5, 0.6) is 0 Å². The Balaban J connectivity index is 1.72. The zero-order chi connectivity index (χ0) is 21.4. The van der Waals surface area contributed by atoms with Crippen LogP contribution >= 0.6 is 0 Å². The highest BCUT2D eigenvalue weighted by Gasteiger charge is 2.36. The van der Waals surface area contributed by atoms with Crippen LogP contribution in [0.1, 0.15) is 36.2 Å². The number of aromatic nitrogens is 3. The van der Waals surface area contributed by atoms with Crippen LogP contribution < -0.4 is 10.6 Å². The zero-order valence-corrected chi connectivity index (χ0v) is 15.9. The summed E-state index contributed by atoms with van der Waals surface area (Å²) in [6.07, 6.45) is -6.02. The monoisotopic (exact) mass is 425 g/mol. The number of anilines is 1. The van der Waals surface area contributed by atoms with Gasteiger partial charge in [-0.05, 0) is 31.5 Å². The molecule has 3 aromatic rings. The van der Waals surface area contributed by atoms with E-state index in [9.17, 15) is 22.0 Å². The number of hydrogen-bond acceptors (Lipinski definition) is 4. The topological polar surface area (TPSA) is 54.2 Å². The van der Waals surface area contributed by atoms with Crippen molar-refractivity contribution in [3.8, 4) is 0 Å². The van der Waals surface area contributed by atoms with Crippen LogP contribution in [0.2, 0.25) is 0 Å². The third kappa shape index (κ3) is 3.96. The molecule has 1 aliphatic heterocycles. The molecule has 0 spiro atoms. The first kappa shape index (κ1) is 20.5. The number of nitrogens with zero attached hydrogens (tertiary/aromatic N) is 3. The molecule has 5 nitrogen and oxygen atoms in total. The Morgan fingerprint density at radius 3 is 2.43 bits per heavy atom. The molecule has 4 rings (SSSR count). The lowest BCUT2D eigenvalue weighted by Crippen LogP contribution is -2.44. The van der Waals surface area contributed by atoms with Gasteiger partial charge >= 0.3 is 6.18 Å². The molecule has 2 aromatic heterocycles. The third-order valence-electron chi connectivity index (χ3n) is 5.52. The van der Waals surface area contributed by atoms with Crippen molar-refractivity contribution in [2.75, 3.05) is 25.0 Å². The van der Waals surface area contributed by atoms with Crippen molar-refractivity contribution in [2.24, 2.45) is 0 Å². The number of piperidine rings is 1. The lowest BCUT2D eigenvalue weighted by molar-refractivity contribution is -0.141. The summed E-state index contributed by atoms with van der Waals surface area (Å²) in [5.41, 5.74) is -1.24. The average molecular weight is 425 g/mol. The molecule has 0 atom stereocenters. The zero-order valence-electron chi connectivity index (χ0n) is 15.9. The third-order valence-corrected chi connectivity index (χ3v) is 5.52. The molecule has 30 heavy (non-hydrogen) atoms. The van der Waals surface area contributed by atoms with E-state index in [0.29, 0.717) is 12.6 Å². The van der Waals surface area contributed by atoms with E-state index in [4.69, 9.17) is 0 Å². The molecule has 10 heteroatoms. The molecule has 2 N–H and O–H groups in total. The van der Waals surface area contributed by atoms with Gasteiger partial charge in [-0.3, -0.25) is 0 Å². The summed E-state index contributed by atoms with van der Waals surface area (Å²) in [7, 11) is 0. The highest BCUT2D eigenvalue weighted by Crippen LogP contribution is 2.35. The molecular weight excluding hydrogens is 405 g/mol. The van der Waals surface area contributed by atoms with E-state index in [0.717, 1.165) is 42.1 Å². The molecule has 0 amide bonds. The van der Waals surface area contributed by atoms with Gasteiger partial charge < -0.3 is 10.6 Å². The van der Waals surface area contributed by atoms with Gasteiger partial charge in [0.05, 0.1) is 0 Å². The van der Waals surface area contributed by atoms with Crippen molar-refractivity contribution >= 4 is 11.5 Å². The minimum Gasteiger partial charge on any atom is -0.369 e. The quantitative estimate of drug-likeness (QED) is 0.595. The molecule has 0 bridgehead atoms. The number of rotatable bonds is 5. The first-order valence-corrected chi connectivity index (χ1v) is 9.55. The fraction of sp³-hybridized carbons (Fsp3) is 0.400. The minimum absolute atomic E-state index is 0.0552. The second-order valence-electron chi connectivity index (χ2n) is 7.41. The Bertz CT molecular complexity index is 1010. The van der Waals surface area contributed by atoms with Gasteiger partial charge in [-0.2, -0.15) is 22.8 Å². The smallest absolute Gasteiger partial charge is 0.369 e. The van der Waals surface area contributed by atoms with Gasteiger partial charge in [0, 0.05) is 24.1 Å². The van der Waals surface area contributed by atoms with Crippen LogP contribution in [0.3, 0.4) is 0 Å². The Morgan fingerprint density at radius 1 is 1.10 bits per heavy atom. The van der Waals surface area contributed by atoms with Crippen LogP contribution in [0.25, 0.3) is 5.65 Å². The Hall–Kier alpha value is -2.75. The van der Waals surface area contributed by atoms with Crippen molar-refractivity contribution in [3.05, 3.63) is 59.4 Å². The molecule has 1 aromatic carbocycles. The predicted octanol–water partition coefficient (Wildman–Crippen LogP) is 4.42. The van der Waals surface area contributed by atoms with Crippen molar-refractivity contribution in [2.45, 2.75) is 30.9 Å². The summed E-state index contributed by atoms with van der Waals surface area (Å²) >= 11 is 0. The lowest BCUT2D eigenvalue weighted by atomic mass is 9.73. The summed E-state index contributed by atoms with van der Waals surface area (Å²) in [5, 5.41) is 9.94. The van der Waals surface area contributed by atoms with E-state index in [-0.39, 0.29) is 16.9 Å². The van der Waals surface area contributed by atoms with Crippen molar-refractivity contribution in [3.63, 3.8) is 0 Å². The maximum atomic E-state index is 13.3. The second-order valence-corrected chi connectivity index (χ2v) is 7.41. The van der Waals surface area contributed by atoms with Gasteiger partial charge in [0.1, 0.15) is 11.5 Å². The number of halogens is 5. The summed E-state index contributed by atoms with van der Waals surface area (Å²) in [4.78, 5) is 3.64. The molecule has 0 radical (unpaired) electrons. The van der Waals surface area contributed by atoms with Crippen molar-refractivity contribution in [1.29, 1.82) is 0 Å². The summed E-state index contributed by atoms with van der Waals surface area (Å²) in [6.45, 7) is 1.93. The number of nitrogens with one attached hydrogen (secondary N) is 2. The normalized spacial score (nSPS) is 16.9. The van der Waals surface area contributed by atoms with Crippen LogP contribution in [0.15, 0.2) is 42.5 Å². The fourth-order valence-electron chi connectivity index (χ4n) is 3.89. The first-order valence-electron chi connectivity index (χ1n) is 9.55. The molecule has 3 heterocycles. The van der Waals surface area contributed by atoms with Crippen LogP contribution in [-0.2, 0) is 11.6 Å². The maximum Gasteiger partial charge on any atom is 0.435 e. The van der Waals surface area contributed by atoms with Gasteiger partial charge in [-0.15, -0.1) is 0 Å². The van der Waals surface area contributed by atoms with E-state index in [2.05, 4.69) is 20.7 Å². The number of alkyl halides is 5. The van der Waals surface area contributed by atoms with Crippen molar-refractivity contribution in [1.82, 2.24) is 19.9 Å². The first-order chi connectivity index (χ1) is 14.3. The van der Waals surface area contributed by atoms with E-state index in [1.165, 1.54) is 0 Å². The molecular formula is C20H20F5N5. The van der Waals surface area contributed by atoms with Gasteiger partial charge in [0.25, 0.3) is 6.43 Å². The molecule has 1 saturated heterocycles. The van der Waals surface area contributed by atoms with Gasteiger partial charge in [0.15, 0.2) is 11.3 Å². The standard InChI is InChI=1S/C20H20F5N5/c21-18(22)14-10-16(30-17(28-14)11-15(29-30)20(23,24)25)27-12-19(6-8-26-9-7-19)13-4-2-1-3-5-13/h1-5,10-11,18,26-27H,6-9,12H2. The second kappa shape index (κ2) is 7.82. The predicted molar refractivity (Wildman–Crippen MR) is 102 cm³/mol. The van der Waals surface area contributed by atoms with E-state index < -0.39 is 24.0 Å². The highest BCUT2D eigenvalue weighted by molar-refractivity contribution is 5.51. The number of hydrogen-bond donors (Lipinski definition) is 2. The van der Waals surface area contributed by atoms with E-state index in [1.807, 2.05) is 30.3 Å². The SMILES string of the molecule is FC(F)c1cc(NCC2(c3ccccc3)CCNCC2)n2nc(C(F)(F)F)cc2n1. The molecule has 1 aliphatic rings. The molecule has 1 fully saturated rings. The Morgan fingerprint density at radius 2 is 1.80 bits per heavy atom. The Kier molecular flexibility index (Phi) is 5.35.